The summed E-state index contributed by atoms with van der Waals surface area (Å²) in [7, 11) is 0. The van der Waals surface area contributed by atoms with Crippen LogP contribution in [0.1, 0.15) is 127 Å². The summed E-state index contributed by atoms with van der Waals surface area (Å²) in [5.74, 6) is 5.36. The lowest BCUT2D eigenvalue weighted by molar-refractivity contribution is 0.597. The molecule has 5 aliphatic rings. The van der Waals surface area contributed by atoms with Gasteiger partial charge < -0.3 is 56.4 Å². The summed E-state index contributed by atoms with van der Waals surface area (Å²) < 4.78 is 89.5. The topological polar surface area (TPSA) is 266 Å². The first-order chi connectivity index (χ1) is 66.9. The number of benzene rings is 5. The lowest BCUT2D eigenvalue weighted by Crippen LogP contribution is -2.42. The van der Waals surface area contributed by atoms with Crippen molar-refractivity contribution in [2.24, 2.45) is 0 Å². The van der Waals surface area contributed by atoms with Crippen molar-refractivity contribution in [3.05, 3.63) is 254 Å². The molecule has 0 aliphatic carbocycles. The van der Waals surface area contributed by atoms with Gasteiger partial charge >= 0.3 is 0 Å². The molecule has 133 heavy (non-hydrogen) atoms. The number of hydrogen-bond donors (Lipinski definition) is 0. The van der Waals surface area contributed by atoms with Crippen molar-refractivity contribution < 1.29 is 31.7 Å². The van der Waals surface area contributed by atoms with Gasteiger partial charge in [0, 0.05) is 170 Å². The van der Waals surface area contributed by atoms with Crippen LogP contribution in [0, 0.1) is 34.6 Å². The molecule has 0 N–H and O–H groups in total. The zero-order valence-corrected chi connectivity index (χ0v) is 77.1. The molecule has 5 atom stereocenters. The molecule has 15 aromatic heterocycles. The van der Waals surface area contributed by atoms with E-state index in [-0.39, 0.29) is 24.7 Å². The van der Waals surface area contributed by atoms with Crippen molar-refractivity contribution in [3.63, 3.8) is 0 Å². The molecule has 0 bridgehead atoms. The molecule has 0 amide bonds. The van der Waals surface area contributed by atoms with E-state index in [2.05, 4.69) is 200 Å². The molecule has 25 rings (SSSR count). The van der Waals surface area contributed by atoms with E-state index < -0.39 is 37.2 Å². The Kier molecular flexibility index (Phi) is 19.0. The first-order valence-electron chi connectivity index (χ1n) is 48.0. The standard InChI is InChI=1S/2C22H22N4O.2C21H21N5O.C19H17N5O/c2*1-13(2)25-15(4)26(18-8-6-11-23-21(18)25)19-14(3)9-10-16-17-7-5-12-24-22(17)27-20(16)19;2*1-12(2)25-14(4)26(20-19(25)22-10-11-23-20)17-13(3)7-8-15-16-6-5-9-24-21(16)27-18(15)17;1-11-6-7-13-14-5-4-8-22-19(14)25-16(13)15(11)24-12(2)23(3)17-18(24)21-10-9-20-17/h2*5-13,15H,1-4H3;2*5-12,14H,1-4H3;4-10,12H,1-3H3/i2*13D;2*12D;3D3. The predicted octanol–water partition coefficient (Wildman–Crippen LogP) is 24.4. The van der Waals surface area contributed by atoms with Gasteiger partial charge in [-0.3, -0.25) is 14.7 Å². The van der Waals surface area contributed by atoms with Gasteiger partial charge in [-0.25, -0.2) is 64.8 Å². The molecule has 0 saturated heterocycles. The normalized spacial score (nSPS) is 17.9. The number of nitrogens with zero attached hydrogens (tertiary/aromatic N) is 23. The Morgan fingerprint density at radius 1 is 0.241 bits per heavy atom. The van der Waals surface area contributed by atoms with Gasteiger partial charge in [-0.15, -0.1) is 0 Å². The summed E-state index contributed by atoms with van der Waals surface area (Å²) >= 11 is 0. The van der Waals surface area contributed by atoms with Crippen LogP contribution in [0.4, 0.5) is 86.4 Å². The van der Waals surface area contributed by atoms with Crippen molar-refractivity contribution in [3.8, 4) is 0 Å². The van der Waals surface area contributed by atoms with E-state index in [1.807, 2.05) is 179 Å². The van der Waals surface area contributed by atoms with E-state index >= 15 is 0 Å². The van der Waals surface area contributed by atoms with Crippen LogP contribution in [-0.4, -0.2) is 127 Å². The summed E-state index contributed by atoms with van der Waals surface area (Å²) in [5, 5.41) is 9.96. The molecule has 0 fully saturated rings. The fourth-order valence-electron chi connectivity index (χ4n) is 20.0. The van der Waals surface area contributed by atoms with Gasteiger partial charge in [-0.1, -0.05) is 60.7 Å². The third-order valence-electron chi connectivity index (χ3n) is 25.7. The smallest absolute Gasteiger partial charge is 0.227 e. The second-order valence-corrected chi connectivity index (χ2v) is 34.8. The van der Waals surface area contributed by atoms with Crippen molar-refractivity contribution in [2.75, 3.05) is 56.0 Å². The molecule has 20 heterocycles. The van der Waals surface area contributed by atoms with Crippen LogP contribution >= 0.6 is 0 Å². The summed E-state index contributed by atoms with van der Waals surface area (Å²) in [6.07, 6.45) is 21.1. The van der Waals surface area contributed by atoms with E-state index in [1.165, 1.54) is 11.1 Å². The van der Waals surface area contributed by atoms with Crippen molar-refractivity contribution >= 4 is 197 Å². The molecule has 28 heteroatoms. The zero-order chi connectivity index (χ0) is 98.1. The maximum atomic E-state index is 8.67. The summed E-state index contributed by atoms with van der Waals surface area (Å²) in [4.78, 5) is 78.1. The highest BCUT2D eigenvalue weighted by atomic mass is 16.4. The number of furan rings is 5. The molecule has 5 aromatic carbocycles. The molecule has 20 aromatic rings. The minimum Gasteiger partial charge on any atom is -0.435 e. The van der Waals surface area contributed by atoms with E-state index in [4.69, 9.17) is 31.7 Å². The molecular formula is C105H103N23O5. The fourth-order valence-corrected chi connectivity index (χ4v) is 20.0. The highest BCUT2D eigenvalue weighted by Gasteiger charge is 2.45. The fraction of sp³-hybridized carbons (Fsp3) is 0.267. The van der Waals surface area contributed by atoms with Crippen LogP contribution in [0.25, 0.3) is 110 Å². The maximum Gasteiger partial charge on any atom is 0.227 e. The average molecular weight is 1770 g/mol. The van der Waals surface area contributed by atoms with Gasteiger partial charge in [0.25, 0.3) is 0 Å². The maximum absolute atomic E-state index is 8.67. The third-order valence-corrected chi connectivity index (χ3v) is 25.7. The van der Waals surface area contributed by atoms with Crippen LogP contribution in [0.2, 0.25) is 0 Å². The lowest BCUT2D eigenvalue weighted by Gasteiger charge is -2.33. The van der Waals surface area contributed by atoms with E-state index in [9.17, 15) is 0 Å². The first kappa shape index (κ1) is 76.3. The summed E-state index contributed by atoms with van der Waals surface area (Å²) in [6.45, 7) is 33.1. The summed E-state index contributed by atoms with van der Waals surface area (Å²) in [5.41, 5.74) is 18.9. The summed E-state index contributed by atoms with van der Waals surface area (Å²) in [6, 6.07) is 45.1. The minimum atomic E-state index is -2.35. The lowest BCUT2D eigenvalue weighted by atomic mass is 10.1. The monoisotopic (exact) mass is 1770 g/mol. The van der Waals surface area contributed by atoms with Crippen LogP contribution in [0.3, 0.4) is 0 Å². The Morgan fingerprint density at radius 3 is 0.737 bits per heavy atom. The molecule has 0 spiro atoms. The van der Waals surface area contributed by atoms with E-state index in [0.717, 1.165) is 167 Å². The van der Waals surface area contributed by atoms with Gasteiger partial charge in [-0.05, 0) is 237 Å². The van der Waals surface area contributed by atoms with E-state index in [0.29, 0.717) is 57.4 Å². The number of fused-ring (bicyclic) bond motifs is 20. The van der Waals surface area contributed by atoms with Gasteiger partial charge in [-0.2, -0.15) is 0 Å². The van der Waals surface area contributed by atoms with Gasteiger partial charge in [0.1, 0.15) is 30.8 Å². The molecule has 5 aliphatic heterocycles. The Bertz CT molecular complexity index is 7180. The van der Waals surface area contributed by atoms with Gasteiger partial charge in [0.15, 0.2) is 74.5 Å². The van der Waals surface area contributed by atoms with E-state index in [1.54, 1.807) is 74.4 Å². The Morgan fingerprint density at radius 2 is 0.459 bits per heavy atom. The SMILES string of the molecule is [2H]C(C)(C)N1c2ncccc2N(c2c(C)ccc3c2oc2ncccc23)C1C.[2H]C(C)(C)N1c2ncccc2N(c2c(C)ccc3c2oc2ncccc23)C1C.[2H]C(C)(C)N1c2nccnc2N(c2c(C)ccc3c2oc2ncccc23)C1C.[2H]C(C)(C)N1c2nccnc2N(c2c(C)ccc3c2oc2ncccc23)C1C.[2H]C([2H])([2H])N1c2nccnc2N(c2c(C)ccc3c2oc2ncccc23)C1C. The highest BCUT2D eigenvalue weighted by molar-refractivity contribution is 6.15. The Balaban J connectivity index is 0.000000104. The third kappa shape index (κ3) is 13.5. The quantitative estimate of drug-likeness (QED) is 0.130. The largest absolute Gasteiger partial charge is 0.435 e. The molecular weight excluding hydrogens is 1660 g/mol. The minimum absolute atomic E-state index is 0.0807. The second kappa shape index (κ2) is 33.1. The number of anilines is 15. The van der Waals surface area contributed by atoms with Gasteiger partial charge in [0.05, 0.1) is 45.3 Å². The van der Waals surface area contributed by atoms with Gasteiger partial charge in [0.2, 0.25) is 28.6 Å². The average Bonchev–Trinajstić information content (AvgIpc) is 1.59. The Hall–Kier alpha value is -15.6. The van der Waals surface area contributed by atoms with Crippen molar-refractivity contribution in [1.29, 1.82) is 0 Å². The number of pyridine rings is 7. The molecule has 668 valence electrons. The van der Waals surface area contributed by atoms with Crippen LogP contribution < -0.4 is 49.0 Å². The number of hydrogen-bond acceptors (Lipinski definition) is 28. The Labute approximate surface area is 778 Å². The second-order valence-electron chi connectivity index (χ2n) is 34.8. The molecule has 28 nitrogen and oxygen atoms in total. The van der Waals surface area contributed by atoms with Crippen LogP contribution in [-0.2, 0) is 0 Å². The van der Waals surface area contributed by atoms with Crippen molar-refractivity contribution in [2.45, 2.75) is 180 Å². The zero-order valence-electron chi connectivity index (χ0n) is 84.1. The molecule has 5 unspecified atom stereocenters. The number of aromatic nitrogens is 13. The van der Waals surface area contributed by atoms with Crippen molar-refractivity contribution in [1.82, 2.24) is 64.8 Å². The highest BCUT2D eigenvalue weighted by Crippen LogP contribution is 2.55. The van der Waals surface area contributed by atoms with Crippen LogP contribution in [0.5, 0.6) is 0 Å². The molecule has 0 radical (unpaired) electrons. The predicted molar refractivity (Wildman–Crippen MR) is 533 cm³/mol. The molecule has 0 saturated carbocycles. The van der Waals surface area contributed by atoms with Crippen LogP contribution in [0.15, 0.2) is 248 Å². The number of aryl methyl sites for hydroxylation is 5. The number of rotatable bonds is 9. The first-order valence-corrected chi connectivity index (χ1v) is 44.5.